The number of thioether (sulfide) groups is 1. The third-order valence-corrected chi connectivity index (χ3v) is 6.08. The maximum Gasteiger partial charge on any atom is 0.208 e. The molecule has 5 heteroatoms. The first-order valence-electron chi connectivity index (χ1n) is 9.07. The highest BCUT2D eigenvalue weighted by Crippen LogP contribution is 2.46. The van der Waals surface area contributed by atoms with Gasteiger partial charge in [-0.1, -0.05) is 62.4 Å². The minimum absolute atomic E-state index is 0.0840. The number of aliphatic imine (C=N–C) groups is 2. The monoisotopic (exact) mass is 384 g/mol. The van der Waals surface area contributed by atoms with Gasteiger partial charge >= 0.3 is 0 Å². The van der Waals surface area contributed by atoms with Crippen molar-refractivity contribution in [1.82, 2.24) is 0 Å². The van der Waals surface area contributed by atoms with Crippen LogP contribution in [0.2, 0.25) is 0 Å². The molecule has 0 amide bonds. The molecule has 4 nitrogen and oxygen atoms in total. The van der Waals surface area contributed by atoms with Crippen molar-refractivity contribution in [2.24, 2.45) is 9.98 Å². The Morgan fingerprint density at radius 1 is 1.07 bits per heavy atom. The first-order chi connectivity index (χ1) is 13.5. The van der Waals surface area contributed by atoms with Crippen molar-refractivity contribution in [1.29, 1.82) is 5.26 Å². The Bertz CT molecular complexity index is 1090. The number of benzene rings is 2. The minimum Gasteiger partial charge on any atom is -0.347 e. The molecule has 0 fully saturated rings. The van der Waals surface area contributed by atoms with Crippen molar-refractivity contribution in [2.45, 2.75) is 19.3 Å². The summed E-state index contributed by atoms with van der Waals surface area (Å²) in [6.07, 6.45) is 6.10. The largest absolute Gasteiger partial charge is 0.347 e. The summed E-state index contributed by atoms with van der Waals surface area (Å²) in [5.74, 6) is 0. The van der Waals surface area contributed by atoms with E-state index in [-0.39, 0.29) is 5.41 Å². The molecule has 0 bridgehead atoms. The summed E-state index contributed by atoms with van der Waals surface area (Å²) in [4.78, 5) is 11.6. The number of likely N-dealkylation sites (N-methyl/N-ethyl adjacent to an activating group) is 1. The van der Waals surface area contributed by atoms with Crippen molar-refractivity contribution in [3.05, 3.63) is 88.5 Å². The number of anilines is 1. The van der Waals surface area contributed by atoms with Gasteiger partial charge in [0.2, 0.25) is 11.4 Å². The van der Waals surface area contributed by atoms with E-state index in [1.807, 2.05) is 36.5 Å². The molecule has 2 aromatic rings. The van der Waals surface area contributed by atoms with Crippen LogP contribution in [0.1, 0.15) is 25.0 Å². The van der Waals surface area contributed by atoms with Gasteiger partial charge in [-0.05, 0) is 35.5 Å². The van der Waals surface area contributed by atoms with Crippen LogP contribution >= 0.6 is 11.8 Å². The second kappa shape index (κ2) is 7.14. The van der Waals surface area contributed by atoms with Crippen LogP contribution in [-0.2, 0) is 5.41 Å². The second-order valence-electron chi connectivity index (χ2n) is 7.21. The fourth-order valence-electron chi connectivity index (χ4n) is 3.78. The predicted octanol–water partition coefficient (Wildman–Crippen LogP) is 5.25. The van der Waals surface area contributed by atoms with E-state index in [1.54, 1.807) is 0 Å². The van der Waals surface area contributed by atoms with Crippen LogP contribution < -0.4 is 4.90 Å². The predicted molar refractivity (Wildman–Crippen MR) is 118 cm³/mol. The molecule has 0 aliphatic carbocycles. The van der Waals surface area contributed by atoms with Crippen LogP contribution in [0.25, 0.3) is 0 Å². The number of hydrogen-bond donors (Lipinski definition) is 0. The average Bonchev–Trinajstić information content (AvgIpc) is 3.19. The summed E-state index contributed by atoms with van der Waals surface area (Å²) in [7, 11) is 2.11. The molecule has 138 valence electrons. The zero-order valence-corrected chi connectivity index (χ0v) is 16.9. The second-order valence-corrected chi connectivity index (χ2v) is 8.22. The van der Waals surface area contributed by atoms with E-state index in [1.165, 1.54) is 28.7 Å². The molecule has 0 radical (unpaired) electrons. The summed E-state index contributed by atoms with van der Waals surface area (Å²) in [6, 6.07) is 18.5. The Labute approximate surface area is 169 Å². The highest BCUT2D eigenvalue weighted by atomic mass is 32.2. The molecular formula is C23H20N4S. The highest BCUT2D eigenvalue weighted by Gasteiger charge is 2.37. The lowest BCUT2D eigenvalue weighted by Gasteiger charge is -2.23. The normalized spacial score (nSPS) is 21.9. The van der Waals surface area contributed by atoms with Crippen LogP contribution in [-0.4, -0.2) is 17.9 Å². The maximum atomic E-state index is 8.92. The molecule has 0 atom stereocenters. The Balaban J connectivity index is 1.76. The maximum absolute atomic E-state index is 8.92. The molecular weight excluding hydrogens is 364 g/mol. The molecule has 0 aromatic heterocycles. The van der Waals surface area contributed by atoms with Gasteiger partial charge in [-0.3, -0.25) is 0 Å². The van der Waals surface area contributed by atoms with Crippen LogP contribution in [0.3, 0.4) is 0 Å². The minimum atomic E-state index is -0.0840. The van der Waals surface area contributed by atoms with E-state index in [9.17, 15) is 0 Å². The van der Waals surface area contributed by atoms with Gasteiger partial charge in [-0.15, -0.1) is 4.99 Å². The number of allylic oxidation sites excluding steroid dienone is 4. The van der Waals surface area contributed by atoms with Gasteiger partial charge in [0.05, 0.1) is 5.71 Å². The quantitative estimate of drug-likeness (QED) is 0.664. The van der Waals surface area contributed by atoms with Gasteiger partial charge in [0.25, 0.3) is 0 Å². The lowest BCUT2D eigenvalue weighted by atomic mass is 9.84. The fourth-order valence-corrected chi connectivity index (χ4v) is 4.60. The molecule has 2 heterocycles. The van der Waals surface area contributed by atoms with Crippen LogP contribution in [0.5, 0.6) is 0 Å². The van der Waals surface area contributed by atoms with E-state index in [0.29, 0.717) is 5.17 Å². The summed E-state index contributed by atoms with van der Waals surface area (Å²) >= 11 is 1.43. The van der Waals surface area contributed by atoms with Crippen molar-refractivity contribution >= 4 is 28.3 Å². The van der Waals surface area contributed by atoms with Crippen molar-refractivity contribution in [3.8, 4) is 6.19 Å². The van der Waals surface area contributed by atoms with Gasteiger partial charge in [0.15, 0.2) is 0 Å². The molecule has 2 aromatic carbocycles. The fraction of sp³-hybridized carbons (Fsp3) is 0.174. The molecule has 4 rings (SSSR count). The number of amidine groups is 1. The number of nitriles is 1. The first kappa shape index (κ1) is 18.3. The Morgan fingerprint density at radius 3 is 2.50 bits per heavy atom. The Kier molecular flexibility index (Phi) is 4.66. The van der Waals surface area contributed by atoms with Gasteiger partial charge in [-0.2, -0.15) is 5.26 Å². The summed E-state index contributed by atoms with van der Waals surface area (Å²) in [5.41, 5.74) is 5.57. The molecule has 0 spiro atoms. The van der Waals surface area contributed by atoms with Gasteiger partial charge in [0.1, 0.15) is 0 Å². The van der Waals surface area contributed by atoms with E-state index in [2.05, 4.69) is 72.2 Å². The number of para-hydroxylation sites is 1. The highest BCUT2D eigenvalue weighted by molar-refractivity contribution is 8.18. The molecule has 2 aliphatic rings. The van der Waals surface area contributed by atoms with Crippen LogP contribution in [0, 0.1) is 11.5 Å². The van der Waals surface area contributed by atoms with Crippen LogP contribution in [0.15, 0.2) is 87.3 Å². The van der Waals surface area contributed by atoms with Gasteiger partial charge in [0, 0.05) is 34.3 Å². The number of nitrogens with zero attached hydrogens (tertiary/aromatic N) is 4. The Hall–Kier alpha value is -3.10. The average molecular weight is 385 g/mol. The summed E-state index contributed by atoms with van der Waals surface area (Å²) in [5, 5.41) is 9.40. The molecule has 0 saturated heterocycles. The standard InChI is InChI=1S/C23H20N4S/c1-23(2)17-11-7-8-12-18(17)27(3)20(23)14-13-19-21(16-9-5-4-6-10-16)26-22(28-19)25-15-24/h4-14H,1-3H3/b19-13+,20-14-,25-22+. The van der Waals surface area contributed by atoms with Crippen molar-refractivity contribution in [2.75, 3.05) is 11.9 Å². The van der Waals surface area contributed by atoms with E-state index < -0.39 is 0 Å². The smallest absolute Gasteiger partial charge is 0.208 e. The summed E-state index contributed by atoms with van der Waals surface area (Å²) < 4.78 is 0. The lowest BCUT2D eigenvalue weighted by molar-refractivity contribution is 0.640. The van der Waals surface area contributed by atoms with E-state index >= 15 is 0 Å². The first-order valence-corrected chi connectivity index (χ1v) is 9.89. The lowest BCUT2D eigenvalue weighted by Crippen LogP contribution is -2.22. The Morgan fingerprint density at radius 2 is 1.79 bits per heavy atom. The molecule has 0 saturated carbocycles. The summed E-state index contributed by atoms with van der Waals surface area (Å²) in [6.45, 7) is 4.49. The van der Waals surface area contributed by atoms with Crippen molar-refractivity contribution in [3.63, 3.8) is 0 Å². The number of rotatable bonds is 2. The topological polar surface area (TPSA) is 51.8 Å². The van der Waals surface area contributed by atoms with Gasteiger partial charge < -0.3 is 4.90 Å². The third-order valence-electron chi connectivity index (χ3n) is 5.17. The molecule has 0 N–H and O–H groups in total. The zero-order valence-electron chi connectivity index (χ0n) is 16.0. The molecule has 2 aliphatic heterocycles. The van der Waals surface area contributed by atoms with Crippen LogP contribution in [0.4, 0.5) is 5.69 Å². The van der Waals surface area contributed by atoms with Crippen molar-refractivity contribution < 1.29 is 0 Å². The third kappa shape index (κ3) is 3.06. The number of fused-ring (bicyclic) bond motifs is 1. The SMILES string of the molecule is CN1/C(=C\C=C2\S/C(=N/C#N)N=C2c2ccccc2)C(C)(C)c2ccccc21. The molecule has 28 heavy (non-hydrogen) atoms. The van der Waals surface area contributed by atoms with E-state index in [4.69, 9.17) is 5.26 Å². The molecule has 0 unspecified atom stereocenters. The van der Waals surface area contributed by atoms with Gasteiger partial charge in [-0.25, -0.2) is 4.99 Å². The number of hydrogen-bond acceptors (Lipinski definition) is 4. The van der Waals surface area contributed by atoms with E-state index in [0.717, 1.165) is 16.2 Å². The zero-order chi connectivity index (χ0) is 19.7.